The van der Waals surface area contributed by atoms with Gasteiger partial charge in [-0.1, -0.05) is 47.1 Å². The van der Waals surface area contributed by atoms with Crippen LogP contribution in [0.15, 0.2) is 53.0 Å². The van der Waals surface area contributed by atoms with Crippen LogP contribution >= 0.6 is 15.9 Å². The Morgan fingerprint density at radius 1 is 0.950 bits per heavy atom. The molecule has 0 heterocycles. The zero-order chi connectivity index (χ0) is 14.2. The first kappa shape index (κ1) is 15.1. The van der Waals surface area contributed by atoms with Crippen molar-refractivity contribution in [2.45, 2.75) is 26.5 Å². The molecule has 2 aromatic rings. The molecule has 0 spiro atoms. The van der Waals surface area contributed by atoms with E-state index in [1.165, 1.54) is 11.1 Å². The molecular weight excluding hydrogens is 314 g/mol. The predicted molar refractivity (Wildman–Crippen MR) is 86.9 cm³/mol. The van der Waals surface area contributed by atoms with Crippen molar-refractivity contribution < 1.29 is 4.74 Å². The number of nitrogens with one attached hydrogen (secondary N) is 1. The summed E-state index contributed by atoms with van der Waals surface area (Å²) in [4.78, 5) is 0. The van der Waals surface area contributed by atoms with Crippen LogP contribution in [0.3, 0.4) is 0 Å². The highest BCUT2D eigenvalue weighted by atomic mass is 79.9. The van der Waals surface area contributed by atoms with Crippen molar-refractivity contribution >= 4 is 15.9 Å². The van der Waals surface area contributed by atoms with Crippen LogP contribution in [-0.4, -0.2) is 6.54 Å². The molecule has 2 aromatic carbocycles. The summed E-state index contributed by atoms with van der Waals surface area (Å²) < 4.78 is 6.86. The van der Waals surface area contributed by atoms with Gasteiger partial charge in [0.05, 0.1) is 0 Å². The van der Waals surface area contributed by atoms with Gasteiger partial charge in [-0.3, -0.25) is 0 Å². The van der Waals surface area contributed by atoms with Crippen LogP contribution in [0.4, 0.5) is 0 Å². The van der Waals surface area contributed by atoms with Gasteiger partial charge >= 0.3 is 0 Å². The first-order valence-electron chi connectivity index (χ1n) is 6.95. The molecule has 0 unspecified atom stereocenters. The van der Waals surface area contributed by atoms with Gasteiger partial charge < -0.3 is 10.1 Å². The third-order valence-corrected chi connectivity index (χ3v) is 3.53. The lowest BCUT2D eigenvalue weighted by molar-refractivity contribution is 0.306. The Kier molecular flexibility index (Phi) is 6.09. The second-order valence-electron chi connectivity index (χ2n) is 4.74. The second-order valence-corrected chi connectivity index (χ2v) is 5.65. The molecule has 0 saturated heterocycles. The quantitative estimate of drug-likeness (QED) is 0.751. The molecule has 2 rings (SSSR count). The van der Waals surface area contributed by atoms with Crippen LogP contribution < -0.4 is 10.1 Å². The zero-order valence-corrected chi connectivity index (χ0v) is 13.3. The molecule has 106 valence electrons. The molecule has 0 fully saturated rings. The molecule has 3 heteroatoms. The second kappa shape index (κ2) is 8.08. The topological polar surface area (TPSA) is 21.3 Å². The summed E-state index contributed by atoms with van der Waals surface area (Å²) in [7, 11) is 0. The number of hydrogen-bond donors (Lipinski definition) is 1. The minimum absolute atomic E-state index is 0.598. The minimum atomic E-state index is 0.598. The van der Waals surface area contributed by atoms with Crippen LogP contribution in [0.5, 0.6) is 5.75 Å². The SMILES string of the molecule is CCCNCc1ccc(OCc2ccc(Br)cc2)cc1. The molecule has 0 aliphatic heterocycles. The predicted octanol–water partition coefficient (Wildman–Crippen LogP) is 4.53. The summed E-state index contributed by atoms with van der Waals surface area (Å²) in [6, 6.07) is 16.5. The van der Waals surface area contributed by atoms with Gasteiger partial charge in [-0.2, -0.15) is 0 Å². The Balaban J connectivity index is 1.82. The maximum atomic E-state index is 5.78. The summed E-state index contributed by atoms with van der Waals surface area (Å²) in [5.74, 6) is 0.909. The first-order chi connectivity index (χ1) is 9.78. The van der Waals surface area contributed by atoms with Crippen molar-refractivity contribution in [1.82, 2.24) is 5.32 Å². The number of benzene rings is 2. The largest absolute Gasteiger partial charge is 0.489 e. The maximum Gasteiger partial charge on any atom is 0.119 e. The van der Waals surface area contributed by atoms with Crippen LogP contribution in [0, 0.1) is 0 Å². The third-order valence-electron chi connectivity index (χ3n) is 3.00. The molecular formula is C17H20BrNO. The standard InChI is InChI=1S/C17H20BrNO/c1-2-11-19-12-14-5-9-17(10-6-14)20-13-15-3-7-16(18)8-4-15/h3-10,19H,2,11-13H2,1H3. The van der Waals surface area contributed by atoms with E-state index in [9.17, 15) is 0 Å². The number of rotatable bonds is 7. The summed E-state index contributed by atoms with van der Waals surface area (Å²) in [6.07, 6.45) is 1.16. The number of halogens is 1. The highest BCUT2D eigenvalue weighted by Gasteiger charge is 1.97. The van der Waals surface area contributed by atoms with Gasteiger partial charge in [-0.15, -0.1) is 0 Å². The molecule has 0 aliphatic carbocycles. The van der Waals surface area contributed by atoms with Crippen molar-refractivity contribution in [3.05, 3.63) is 64.1 Å². The molecule has 0 atom stereocenters. The summed E-state index contributed by atoms with van der Waals surface area (Å²) >= 11 is 3.43. The molecule has 0 saturated carbocycles. The van der Waals surface area contributed by atoms with Gasteiger partial charge in [0, 0.05) is 11.0 Å². The average Bonchev–Trinajstić information content (AvgIpc) is 2.48. The van der Waals surface area contributed by atoms with Crippen molar-refractivity contribution in [1.29, 1.82) is 0 Å². The van der Waals surface area contributed by atoms with Crippen molar-refractivity contribution in [2.24, 2.45) is 0 Å². The molecule has 0 aliphatic rings. The van der Waals surface area contributed by atoms with Gasteiger partial charge in [0.1, 0.15) is 12.4 Å². The van der Waals surface area contributed by atoms with Crippen LogP contribution in [0.2, 0.25) is 0 Å². The third kappa shape index (κ3) is 4.99. The van der Waals surface area contributed by atoms with E-state index in [1.54, 1.807) is 0 Å². The molecule has 20 heavy (non-hydrogen) atoms. The number of ether oxygens (including phenoxy) is 1. The van der Waals surface area contributed by atoms with Gasteiger partial charge in [0.25, 0.3) is 0 Å². The maximum absolute atomic E-state index is 5.78. The van der Waals surface area contributed by atoms with Crippen molar-refractivity contribution in [3.63, 3.8) is 0 Å². The van der Waals surface area contributed by atoms with E-state index in [1.807, 2.05) is 24.3 Å². The average molecular weight is 334 g/mol. The summed E-state index contributed by atoms with van der Waals surface area (Å²) in [5.41, 5.74) is 2.45. The van der Waals surface area contributed by atoms with E-state index >= 15 is 0 Å². The van der Waals surface area contributed by atoms with E-state index in [0.29, 0.717) is 6.61 Å². The summed E-state index contributed by atoms with van der Waals surface area (Å²) in [5, 5.41) is 3.39. The Morgan fingerprint density at radius 3 is 2.25 bits per heavy atom. The van der Waals surface area contributed by atoms with Gasteiger partial charge in [0.15, 0.2) is 0 Å². The zero-order valence-electron chi connectivity index (χ0n) is 11.7. The Hall–Kier alpha value is -1.32. The lowest BCUT2D eigenvalue weighted by atomic mass is 10.2. The smallest absolute Gasteiger partial charge is 0.119 e. The monoisotopic (exact) mass is 333 g/mol. The van der Waals surface area contributed by atoms with E-state index in [0.717, 1.165) is 29.7 Å². The van der Waals surface area contributed by atoms with Crippen LogP contribution in [0.25, 0.3) is 0 Å². The Bertz CT molecular complexity index is 508. The van der Waals surface area contributed by atoms with Gasteiger partial charge in [-0.05, 0) is 48.4 Å². The Morgan fingerprint density at radius 2 is 1.60 bits per heavy atom. The minimum Gasteiger partial charge on any atom is -0.489 e. The normalized spacial score (nSPS) is 10.5. The summed E-state index contributed by atoms with van der Waals surface area (Å²) in [6.45, 7) is 4.75. The lowest BCUT2D eigenvalue weighted by Gasteiger charge is -2.08. The fourth-order valence-corrected chi connectivity index (χ4v) is 2.12. The van der Waals surface area contributed by atoms with Crippen molar-refractivity contribution in [2.75, 3.05) is 6.54 Å². The molecule has 0 bridgehead atoms. The molecule has 0 radical (unpaired) electrons. The van der Waals surface area contributed by atoms with Crippen LogP contribution in [0.1, 0.15) is 24.5 Å². The Labute approximate surface area is 129 Å². The fraction of sp³-hybridized carbons (Fsp3) is 0.294. The van der Waals surface area contributed by atoms with E-state index in [2.05, 4.69) is 52.4 Å². The molecule has 2 nitrogen and oxygen atoms in total. The van der Waals surface area contributed by atoms with Crippen LogP contribution in [-0.2, 0) is 13.2 Å². The van der Waals surface area contributed by atoms with Crippen molar-refractivity contribution in [3.8, 4) is 5.75 Å². The van der Waals surface area contributed by atoms with Gasteiger partial charge in [0.2, 0.25) is 0 Å². The van der Waals surface area contributed by atoms with E-state index in [-0.39, 0.29) is 0 Å². The highest BCUT2D eigenvalue weighted by Crippen LogP contribution is 2.16. The highest BCUT2D eigenvalue weighted by molar-refractivity contribution is 9.10. The fourth-order valence-electron chi connectivity index (χ4n) is 1.86. The first-order valence-corrected chi connectivity index (χ1v) is 7.74. The van der Waals surface area contributed by atoms with E-state index < -0.39 is 0 Å². The number of hydrogen-bond acceptors (Lipinski definition) is 2. The molecule has 0 aromatic heterocycles. The van der Waals surface area contributed by atoms with Gasteiger partial charge in [-0.25, -0.2) is 0 Å². The molecule has 1 N–H and O–H groups in total. The molecule has 0 amide bonds. The lowest BCUT2D eigenvalue weighted by Crippen LogP contribution is -2.13. The van der Waals surface area contributed by atoms with E-state index in [4.69, 9.17) is 4.74 Å².